The minimum atomic E-state index is -0.903. The van der Waals surface area contributed by atoms with Crippen LogP contribution in [0.5, 0.6) is 11.6 Å². The normalized spacial score (nSPS) is 18.3. The fraction of sp³-hybridized carbons (Fsp3) is 0.500. The quantitative estimate of drug-likeness (QED) is 0.0642. The Morgan fingerprint density at radius 3 is 2.46 bits per heavy atom. The van der Waals surface area contributed by atoms with Crippen LogP contribution in [-0.2, 0) is 61.1 Å². The molecule has 0 saturated carbocycles. The summed E-state index contributed by atoms with van der Waals surface area (Å²) >= 11 is 0. The molecule has 0 radical (unpaired) electrons. The van der Waals surface area contributed by atoms with E-state index in [0.717, 1.165) is 42.4 Å². The maximum atomic E-state index is 14.8. The van der Waals surface area contributed by atoms with Crippen LogP contribution in [0.2, 0.25) is 0 Å². The average molecular weight is 1140 g/mol. The van der Waals surface area contributed by atoms with Crippen molar-refractivity contribution in [2.75, 3.05) is 85.0 Å². The lowest BCUT2D eigenvalue weighted by molar-refractivity contribution is -0.147. The second-order valence-corrected chi connectivity index (χ2v) is 23.2. The second-order valence-electron chi connectivity index (χ2n) is 23.2. The topological polar surface area (TPSA) is 228 Å². The molecule has 3 aliphatic heterocycles. The number of ether oxygens (including phenoxy) is 4. The third kappa shape index (κ3) is 13.6. The maximum absolute atomic E-state index is 14.8. The minimum Gasteiger partial charge on any atom is -0.491 e. The molecule has 5 amide bonds. The number of anilines is 2. The number of nitrogen functional groups attached to an aromatic ring is 1. The number of methoxy groups -OCH3 is 1. The molecule has 0 unspecified atom stereocenters. The van der Waals surface area contributed by atoms with Crippen LogP contribution in [0, 0.1) is 11.2 Å². The molecule has 4 aliphatic rings. The predicted octanol–water partition coefficient (Wildman–Crippen LogP) is 6.15. The first-order chi connectivity index (χ1) is 39.8. The Balaban J connectivity index is 0.760. The zero-order valence-electron chi connectivity index (χ0n) is 49.1. The number of likely N-dealkylation sites (N-methyl/N-ethyl adjacent to an activating group) is 2. The fourth-order valence-corrected chi connectivity index (χ4v) is 11.7. The fourth-order valence-electron chi connectivity index (χ4n) is 11.7. The van der Waals surface area contributed by atoms with Gasteiger partial charge in [-0.1, -0.05) is 51.1 Å². The Morgan fingerprint density at radius 1 is 0.916 bits per heavy atom. The number of rotatable bonds is 20. The summed E-state index contributed by atoms with van der Waals surface area (Å²) < 4.78 is 40.2. The number of hydrogen-bond acceptors (Lipinski definition) is 14. The van der Waals surface area contributed by atoms with E-state index in [1.165, 1.54) is 17.7 Å². The van der Waals surface area contributed by atoms with E-state index in [2.05, 4.69) is 38.0 Å². The summed E-state index contributed by atoms with van der Waals surface area (Å²) in [5.74, 6) is -0.336. The number of amides is 5. The van der Waals surface area contributed by atoms with Crippen LogP contribution in [0.1, 0.15) is 116 Å². The molecule has 3 aromatic carbocycles. The molecule has 9 rings (SSSR count). The molecule has 5 aromatic rings. The van der Waals surface area contributed by atoms with E-state index in [0.29, 0.717) is 77.0 Å². The van der Waals surface area contributed by atoms with Gasteiger partial charge in [-0.25, -0.2) is 14.1 Å². The highest BCUT2D eigenvalue weighted by Gasteiger charge is 2.43. The number of nitrogens with two attached hydrogens (primary N) is 1. The molecule has 83 heavy (non-hydrogen) atoms. The van der Waals surface area contributed by atoms with Gasteiger partial charge in [-0.05, 0) is 116 Å². The van der Waals surface area contributed by atoms with Gasteiger partial charge in [-0.3, -0.25) is 24.0 Å². The van der Waals surface area contributed by atoms with E-state index in [1.807, 2.05) is 57.2 Å². The van der Waals surface area contributed by atoms with Crippen LogP contribution in [-0.4, -0.2) is 152 Å². The zero-order chi connectivity index (χ0) is 59.1. The van der Waals surface area contributed by atoms with Gasteiger partial charge in [0.25, 0.3) is 5.91 Å². The van der Waals surface area contributed by atoms with Crippen LogP contribution in [0.15, 0.2) is 72.9 Å². The van der Waals surface area contributed by atoms with E-state index in [-0.39, 0.29) is 101 Å². The van der Waals surface area contributed by atoms with Gasteiger partial charge in [0.15, 0.2) is 0 Å². The molecule has 20 nitrogen and oxygen atoms in total. The summed E-state index contributed by atoms with van der Waals surface area (Å²) in [6.07, 6.45) is 6.34. The molecular formula is C62H80FN11O9. The number of fused-ring (bicyclic) bond motifs is 10. The van der Waals surface area contributed by atoms with Crippen molar-refractivity contribution < 1.29 is 47.3 Å². The molecule has 2 bridgehead atoms. The Labute approximate surface area is 485 Å². The van der Waals surface area contributed by atoms with Crippen LogP contribution in [0.4, 0.5) is 15.9 Å². The number of nitrogens with one attached hydrogen (secondary N) is 3. The Hall–Kier alpha value is -7.62. The Morgan fingerprint density at radius 2 is 1.69 bits per heavy atom. The van der Waals surface area contributed by atoms with Crippen molar-refractivity contribution in [3.05, 3.63) is 118 Å². The maximum Gasteiger partial charge on any atom is 0.254 e. The van der Waals surface area contributed by atoms with Crippen molar-refractivity contribution in [1.29, 1.82) is 0 Å². The highest BCUT2D eigenvalue weighted by Crippen LogP contribution is 2.44. The molecule has 2 aromatic heterocycles. The number of hydrogen-bond donors (Lipinski definition) is 4. The van der Waals surface area contributed by atoms with Crippen LogP contribution in [0.25, 0.3) is 11.1 Å². The third-order valence-corrected chi connectivity index (χ3v) is 16.5. The lowest BCUT2D eigenvalue weighted by Crippen LogP contribution is -2.62. The molecular weight excluding hydrogens is 1060 g/mol. The molecule has 21 heteroatoms. The molecule has 1 fully saturated rings. The lowest BCUT2D eigenvalue weighted by Gasteiger charge is -2.41. The van der Waals surface area contributed by atoms with Gasteiger partial charge >= 0.3 is 0 Å². The highest BCUT2D eigenvalue weighted by atomic mass is 19.1. The molecule has 5 N–H and O–H groups in total. The van der Waals surface area contributed by atoms with Gasteiger partial charge < -0.3 is 60.2 Å². The smallest absolute Gasteiger partial charge is 0.254 e. The number of aryl methyl sites for hydroxylation is 1. The number of nitrogens with zero attached hydrogens (tertiary/aromatic N) is 7. The largest absolute Gasteiger partial charge is 0.491 e. The Kier molecular flexibility index (Phi) is 19.0. The minimum absolute atomic E-state index is 0.116. The predicted molar refractivity (Wildman–Crippen MR) is 312 cm³/mol. The van der Waals surface area contributed by atoms with Gasteiger partial charge in [0.1, 0.15) is 36.1 Å². The third-order valence-electron chi connectivity index (χ3n) is 16.5. The molecule has 5 heterocycles. The van der Waals surface area contributed by atoms with Crippen molar-refractivity contribution in [2.24, 2.45) is 5.41 Å². The number of carbonyl (C=O) groups excluding carboxylic acids is 5. The first-order valence-corrected chi connectivity index (χ1v) is 28.9. The van der Waals surface area contributed by atoms with Crippen LogP contribution < -0.4 is 36.1 Å². The monoisotopic (exact) mass is 1140 g/mol. The van der Waals surface area contributed by atoms with Crippen molar-refractivity contribution >= 4 is 41.0 Å². The lowest BCUT2D eigenvalue weighted by atomic mass is 9.83. The second kappa shape index (κ2) is 26.3. The average Bonchev–Trinajstić information content (AvgIpc) is 2.39. The number of benzene rings is 3. The number of aromatic nitrogens is 3. The van der Waals surface area contributed by atoms with Crippen molar-refractivity contribution in [3.8, 4) is 22.8 Å². The summed E-state index contributed by atoms with van der Waals surface area (Å²) in [6.45, 7) is 10.2. The van der Waals surface area contributed by atoms with Gasteiger partial charge in [-0.15, -0.1) is 0 Å². The Bertz CT molecular complexity index is 3180. The molecule has 5 atom stereocenters. The van der Waals surface area contributed by atoms with E-state index in [4.69, 9.17) is 29.8 Å². The zero-order valence-corrected chi connectivity index (χ0v) is 49.1. The molecule has 444 valence electrons. The van der Waals surface area contributed by atoms with Gasteiger partial charge in [0, 0.05) is 57.5 Å². The SMILES string of the molecule is CN[C@@H](C)C(=O)N[C@H](C(=O)N1Cc2cc(OCCOCCOCCC(=O)N(C)CCn3nc4c(c3OC)-c3cnc(N)c(c3)N3CCC[C@@H]3c3cc(F)ccc3C(=O)N(C)C4)ccc2C[C@H]1C(=O)N[C@@H]1CCCc2ccccc21)C(C)(C)C. The van der Waals surface area contributed by atoms with E-state index < -0.39 is 29.4 Å². The van der Waals surface area contributed by atoms with Gasteiger partial charge in [-0.2, -0.15) is 5.10 Å². The van der Waals surface area contributed by atoms with E-state index >= 15 is 0 Å². The summed E-state index contributed by atoms with van der Waals surface area (Å²) in [5, 5.41) is 14.2. The summed E-state index contributed by atoms with van der Waals surface area (Å²) in [5.41, 5.74) is 13.6. The summed E-state index contributed by atoms with van der Waals surface area (Å²) in [6, 6.07) is 17.5. The number of pyridine rings is 1. The first-order valence-electron chi connectivity index (χ1n) is 28.9. The molecule has 1 aliphatic carbocycles. The standard InChI is InChI=1S/C62H80FN11O9/c1-38(65-5)57(76)68-55(62(2,3)4)60(79)73-36-42-31-44(20-18-40(42)32-52(73)58(77)67-48-16-11-14-39-13-9-10-15-45(39)48)83-30-29-82-28-27-81-26-22-53(75)70(6)24-25-74-61(80-8)54-41-33-51(56(64)66-35-41)72-23-12-17-50(72)47-34-43(63)19-21-46(47)59(78)71(7)37-49(54)69-74/h9-10,13,15,18-21,31,33-35,38,48,50,52,55,65H,11-12,14,16-17,22-30,32,36-37H2,1-8H3,(H2,64,66)(H,67,77)(H,68,76)/t38-,48+,50+,52-,55+/m0/s1. The van der Waals surface area contributed by atoms with E-state index in [1.54, 1.807) is 66.8 Å². The van der Waals surface area contributed by atoms with Crippen LogP contribution in [0.3, 0.4) is 0 Å². The summed E-state index contributed by atoms with van der Waals surface area (Å²) in [4.78, 5) is 81.3. The van der Waals surface area contributed by atoms with Crippen molar-refractivity contribution in [3.63, 3.8) is 0 Å². The number of carbonyl (C=O) groups is 5. The van der Waals surface area contributed by atoms with Crippen molar-refractivity contribution in [1.82, 2.24) is 45.4 Å². The van der Waals surface area contributed by atoms with E-state index in [9.17, 15) is 28.4 Å². The van der Waals surface area contributed by atoms with Gasteiger partial charge in [0.05, 0.1) is 88.1 Å². The van der Waals surface area contributed by atoms with Gasteiger partial charge in [0.2, 0.25) is 29.5 Å². The van der Waals surface area contributed by atoms with Crippen molar-refractivity contribution in [2.45, 2.75) is 122 Å². The molecule has 0 spiro atoms. The summed E-state index contributed by atoms with van der Waals surface area (Å²) in [7, 11) is 6.66. The number of halogens is 1. The highest BCUT2D eigenvalue weighted by molar-refractivity contribution is 5.97. The first kappa shape index (κ1) is 60.0. The van der Waals surface area contributed by atoms with Crippen LogP contribution >= 0.6 is 0 Å². The molecule has 1 saturated heterocycles.